The zero-order chi connectivity index (χ0) is 11.2. The Morgan fingerprint density at radius 3 is 2.69 bits per heavy atom. The SMILES string of the molecule is CCOCc1cncc(-c2ccccc2)n1. The van der Waals surface area contributed by atoms with Gasteiger partial charge < -0.3 is 4.74 Å². The number of benzene rings is 1. The van der Waals surface area contributed by atoms with E-state index in [9.17, 15) is 0 Å². The fourth-order valence-electron chi connectivity index (χ4n) is 1.43. The van der Waals surface area contributed by atoms with Crippen LogP contribution in [0.15, 0.2) is 42.7 Å². The zero-order valence-electron chi connectivity index (χ0n) is 9.26. The van der Waals surface area contributed by atoms with E-state index < -0.39 is 0 Å². The average Bonchev–Trinajstić information content (AvgIpc) is 2.38. The molecule has 2 rings (SSSR count). The minimum Gasteiger partial charge on any atom is -0.375 e. The molecule has 0 N–H and O–H groups in total. The Morgan fingerprint density at radius 1 is 1.12 bits per heavy atom. The standard InChI is InChI=1S/C13H14N2O/c1-2-16-10-12-8-14-9-13(15-12)11-6-4-3-5-7-11/h3-9H,2,10H2,1H3. The van der Waals surface area contributed by atoms with Crippen LogP contribution in [0.1, 0.15) is 12.6 Å². The van der Waals surface area contributed by atoms with Crippen LogP contribution >= 0.6 is 0 Å². The summed E-state index contributed by atoms with van der Waals surface area (Å²) in [7, 11) is 0. The van der Waals surface area contributed by atoms with E-state index in [-0.39, 0.29) is 0 Å². The monoisotopic (exact) mass is 214 g/mol. The topological polar surface area (TPSA) is 35.0 Å². The van der Waals surface area contributed by atoms with E-state index in [4.69, 9.17) is 4.74 Å². The van der Waals surface area contributed by atoms with Gasteiger partial charge in [-0.2, -0.15) is 0 Å². The van der Waals surface area contributed by atoms with Gasteiger partial charge >= 0.3 is 0 Å². The summed E-state index contributed by atoms with van der Waals surface area (Å²) >= 11 is 0. The van der Waals surface area contributed by atoms with E-state index in [1.807, 2.05) is 37.3 Å². The predicted octanol–water partition coefficient (Wildman–Crippen LogP) is 2.68. The largest absolute Gasteiger partial charge is 0.375 e. The molecule has 0 atom stereocenters. The van der Waals surface area contributed by atoms with Crippen LogP contribution in [0.3, 0.4) is 0 Å². The van der Waals surface area contributed by atoms with Gasteiger partial charge in [0.15, 0.2) is 0 Å². The molecule has 0 aliphatic rings. The number of nitrogens with zero attached hydrogens (tertiary/aromatic N) is 2. The second-order valence-corrected chi connectivity index (χ2v) is 3.40. The van der Waals surface area contributed by atoms with E-state index in [1.54, 1.807) is 12.4 Å². The molecule has 3 nitrogen and oxygen atoms in total. The summed E-state index contributed by atoms with van der Waals surface area (Å²) in [6, 6.07) is 10.0. The molecule has 0 radical (unpaired) electrons. The van der Waals surface area contributed by atoms with Crippen molar-refractivity contribution in [1.29, 1.82) is 0 Å². The van der Waals surface area contributed by atoms with Crippen LogP contribution in [0.5, 0.6) is 0 Å². The van der Waals surface area contributed by atoms with Crippen LogP contribution in [0.4, 0.5) is 0 Å². The lowest BCUT2D eigenvalue weighted by Crippen LogP contribution is -1.97. The molecular weight excluding hydrogens is 200 g/mol. The highest BCUT2D eigenvalue weighted by molar-refractivity contribution is 5.57. The highest BCUT2D eigenvalue weighted by Gasteiger charge is 2.01. The van der Waals surface area contributed by atoms with E-state index in [0.29, 0.717) is 13.2 Å². The van der Waals surface area contributed by atoms with Crippen molar-refractivity contribution in [2.45, 2.75) is 13.5 Å². The van der Waals surface area contributed by atoms with Crippen molar-refractivity contribution >= 4 is 0 Å². The van der Waals surface area contributed by atoms with Crippen LogP contribution in [-0.4, -0.2) is 16.6 Å². The zero-order valence-corrected chi connectivity index (χ0v) is 9.26. The maximum atomic E-state index is 5.31. The molecule has 3 heteroatoms. The van der Waals surface area contributed by atoms with Crippen LogP contribution in [0.2, 0.25) is 0 Å². The Balaban J connectivity index is 2.22. The maximum absolute atomic E-state index is 5.31. The Labute approximate surface area is 95.1 Å². The van der Waals surface area contributed by atoms with Crippen LogP contribution in [0, 0.1) is 0 Å². The van der Waals surface area contributed by atoms with Gasteiger partial charge in [-0.3, -0.25) is 4.98 Å². The van der Waals surface area contributed by atoms with Gasteiger partial charge in [0.05, 0.1) is 30.4 Å². The third-order valence-corrected chi connectivity index (χ3v) is 2.21. The van der Waals surface area contributed by atoms with Gasteiger partial charge in [0.1, 0.15) is 0 Å². The van der Waals surface area contributed by atoms with Crippen molar-refractivity contribution in [3.05, 3.63) is 48.4 Å². The molecule has 0 aliphatic carbocycles. The van der Waals surface area contributed by atoms with Crippen molar-refractivity contribution < 1.29 is 4.74 Å². The summed E-state index contributed by atoms with van der Waals surface area (Å²) in [4.78, 5) is 8.66. The molecule has 0 amide bonds. The van der Waals surface area contributed by atoms with Gasteiger partial charge in [-0.15, -0.1) is 0 Å². The Bertz CT molecular complexity index is 443. The Hall–Kier alpha value is -1.74. The first-order valence-electron chi connectivity index (χ1n) is 5.34. The second-order valence-electron chi connectivity index (χ2n) is 3.40. The smallest absolute Gasteiger partial charge is 0.0903 e. The number of hydrogen-bond donors (Lipinski definition) is 0. The fraction of sp³-hybridized carbons (Fsp3) is 0.231. The van der Waals surface area contributed by atoms with Gasteiger partial charge in [0.2, 0.25) is 0 Å². The summed E-state index contributed by atoms with van der Waals surface area (Å²) < 4.78 is 5.31. The van der Waals surface area contributed by atoms with Crippen molar-refractivity contribution in [3.63, 3.8) is 0 Å². The van der Waals surface area contributed by atoms with E-state index in [0.717, 1.165) is 17.0 Å². The number of ether oxygens (including phenoxy) is 1. The maximum Gasteiger partial charge on any atom is 0.0903 e. The molecule has 16 heavy (non-hydrogen) atoms. The lowest BCUT2D eigenvalue weighted by molar-refractivity contribution is 0.131. The summed E-state index contributed by atoms with van der Waals surface area (Å²) in [5.74, 6) is 0. The van der Waals surface area contributed by atoms with E-state index in [2.05, 4.69) is 9.97 Å². The molecule has 0 unspecified atom stereocenters. The highest BCUT2D eigenvalue weighted by atomic mass is 16.5. The number of hydrogen-bond acceptors (Lipinski definition) is 3. The Kier molecular flexibility index (Phi) is 3.62. The van der Waals surface area contributed by atoms with Gasteiger partial charge in [-0.05, 0) is 6.92 Å². The summed E-state index contributed by atoms with van der Waals surface area (Å²) in [5.41, 5.74) is 2.83. The molecular formula is C13H14N2O. The highest BCUT2D eigenvalue weighted by Crippen LogP contribution is 2.15. The molecule has 0 spiro atoms. The molecule has 1 heterocycles. The number of aromatic nitrogens is 2. The molecule has 1 aromatic heterocycles. The van der Waals surface area contributed by atoms with Crippen LogP contribution in [-0.2, 0) is 11.3 Å². The van der Waals surface area contributed by atoms with Crippen molar-refractivity contribution in [3.8, 4) is 11.3 Å². The first kappa shape index (κ1) is 10.8. The quantitative estimate of drug-likeness (QED) is 0.784. The molecule has 0 aliphatic heterocycles. The fourth-order valence-corrected chi connectivity index (χ4v) is 1.43. The van der Waals surface area contributed by atoms with Crippen molar-refractivity contribution in [2.24, 2.45) is 0 Å². The minimum atomic E-state index is 0.518. The summed E-state index contributed by atoms with van der Waals surface area (Å²) in [5, 5.41) is 0. The molecule has 0 bridgehead atoms. The molecule has 1 aromatic carbocycles. The molecule has 0 saturated carbocycles. The normalized spacial score (nSPS) is 10.3. The number of rotatable bonds is 4. The lowest BCUT2D eigenvalue weighted by atomic mass is 10.2. The first-order valence-corrected chi connectivity index (χ1v) is 5.34. The Morgan fingerprint density at radius 2 is 1.94 bits per heavy atom. The molecule has 82 valence electrons. The third kappa shape index (κ3) is 2.64. The second kappa shape index (κ2) is 5.37. The summed E-state index contributed by atoms with van der Waals surface area (Å²) in [6.45, 7) is 3.18. The minimum absolute atomic E-state index is 0.518. The van der Waals surface area contributed by atoms with Crippen LogP contribution < -0.4 is 0 Å². The summed E-state index contributed by atoms with van der Waals surface area (Å²) in [6.07, 6.45) is 3.51. The van der Waals surface area contributed by atoms with Crippen LogP contribution in [0.25, 0.3) is 11.3 Å². The van der Waals surface area contributed by atoms with Gasteiger partial charge in [-0.1, -0.05) is 30.3 Å². The molecule has 0 saturated heterocycles. The molecule has 0 fully saturated rings. The average molecular weight is 214 g/mol. The third-order valence-electron chi connectivity index (χ3n) is 2.21. The van der Waals surface area contributed by atoms with Gasteiger partial charge in [-0.25, -0.2) is 4.98 Å². The van der Waals surface area contributed by atoms with Crippen molar-refractivity contribution in [1.82, 2.24) is 9.97 Å². The lowest BCUT2D eigenvalue weighted by Gasteiger charge is -2.03. The predicted molar refractivity (Wildman–Crippen MR) is 62.8 cm³/mol. The van der Waals surface area contributed by atoms with Gasteiger partial charge in [0, 0.05) is 12.2 Å². The van der Waals surface area contributed by atoms with Crippen molar-refractivity contribution in [2.75, 3.05) is 6.61 Å². The van der Waals surface area contributed by atoms with E-state index >= 15 is 0 Å². The van der Waals surface area contributed by atoms with E-state index in [1.165, 1.54) is 0 Å². The first-order chi connectivity index (χ1) is 7.90. The molecule has 2 aromatic rings. The van der Waals surface area contributed by atoms with Gasteiger partial charge in [0.25, 0.3) is 0 Å².